The van der Waals surface area contributed by atoms with Gasteiger partial charge in [-0.2, -0.15) is 0 Å². The van der Waals surface area contributed by atoms with Crippen molar-refractivity contribution in [2.45, 2.75) is 27.2 Å². The lowest BCUT2D eigenvalue weighted by Gasteiger charge is -2.12. The highest BCUT2D eigenvalue weighted by molar-refractivity contribution is 9.10. The number of aromatic nitrogens is 1. The van der Waals surface area contributed by atoms with Crippen LogP contribution < -0.4 is 11.3 Å². The lowest BCUT2D eigenvalue weighted by molar-refractivity contribution is 0.637. The number of aryl methyl sites for hydroxylation is 1. The molecule has 0 aliphatic carbocycles. The largest absolute Gasteiger partial charge is 0.323 e. The van der Waals surface area contributed by atoms with Crippen molar-refractivity contribution in [2.75, 3.05) is 5.43 Å². The number of nitrogens with two attached hydrogens (primary N) is 1. The Morgan fingerprint density at radius 1 is 1.39 bits per heavy atom. The summed E-state index contributed by atoms with van der Waals surface area (Å²) >= 11 is 3.61. The number of nitrogen functional groups attached to an aromatic ring is 1. The fourth-order valence-corrected chi connectivity index (χ4v) is 2.49. The molecule has 0 amide bonds. The number of benzene rings is 1. The zero-order valence-electron chi connectivity index (χ0n) is 10.9. The van der Waals surface area contributed by atoms with Crippen molar-refractivity contribution in [3.8, 4) is 0 Å². The van der Waals surface area contributed by atoms with Crippen LogP contribution in [0, 0.1) is 12.8 Å². The smallest absolute Gasteiger partial charge is 0.0871 e. The Kier molecular flexibility index (Phi) is 3.88. The molecule has 0 aliphatic rings. The van der Waals surface area contributed by atoms with Crippen molar-refractivity contribution in [3.05, 3.63) is 33.9 Å². The molecule has 0 saturated heterocycles. The Balaban J connectivity index is 2.68. The molecule has 3 nitrogen and oxygen atoms in total. The summed E-state index contributed by atoms with van der Waals surface area (Å²) in [6.45, 7) is 6.44. The number of halogens is 1. The van der Waals surface area contributed by atoms with Crippen molar-refractivity contribution in [2.24, 2.45) is 11.8 Å². The maximum atomic E-state index is 5.61. The predicted molar refractivity (Wildman–Crippen MR) is 80.5 cm³/mol. The maximum Gasteiger partial charge on any atom is 0.0871 e. The van der Waals surface area contributed by atoms with E-state index in [9.17, 15) is 0 Å². The second-order valence-electron chi connectivity index (χ2n) is 5.00. The summed E-state index contributed by atoms with van der Waals surface area (Å²) in [6, 6.07) is 6.15. The van der Waals surface area contributed by atoms with Gasteiger partial charge in [-0.05, 0) is 46.8 Å². The van der Waals surface area contributed by atoms with E-state index in [4.69, 9.17) is 10.8 Å². The number of hydrogen-bond donors (Lipinski definition) is 2. The van der Waals surface area contributed by atoms with E-state index in [0.29, 0.717) is 5.92 Å². The molecular weight excluding hydrogens is 290 g/mol. The number of hydrogen-bond acceptors (Lipinski definition) is 3. The van der Waals surface area contributed by atoms with E-state index in [-0.39, 0.29) is 0 Å². The van der Waals surface area contributed by atoms with Gasteiger partial charge >= 0.3 is 0 Å². The molecule has 1 aromatic heterocycles. The van der Waals surface area contributed by atoms with Crippen molar-refractivity contribution in [1.82, 2.24) is 4.98 Å². The zero-order valence-corrected chi connectivity index (χ0v) is 12.5. The summed E-state index contributed by atoms with van der Waals surface area (Å²) in [5.41, 5.74) is 6.92. The van der Waals surface area contributed by atoms with Gasteiger partial charge in [-0.15, -0.1) is 0 Å². The number of nitrogens with zero attached hydrogens (tertiary/aromatic N) is 1. The molecule has 96 valence electrons. The molecule has 0 spiro atoms. The van der Waals surface area contributed by atoms with Crippen LogP contribution in [0.1, 0.15) is 25.1 Å². The van der Waals surface area contributed by atoms with Crippen molar-refractivity contribution in [3.63, 3.8) is 0 Å². The second kappa shape index (κ2) is 5.24. The van der Waals surface area contributed by atoms with Gasteiger partial charge in [0.2, 0.25) is 0 Å². The molecule has 0 aliphatic heterocycles. The van der Waals surface area contributed by atoms with Crippen LogP contribution in [0.3, 0.4) is 0 Å². The fraction of sp³-hybridized carbons (Fsp3) is 0.357. The summed E-state index contributed by atoms with van der Waals surface area (Å²) in [4.78, 5) is 4.74. The van der Waals surface area contributed by atoms with Crippen LogP contribution in [0.5, 0.6) is 0 Å². The fourth-order valence-electron chi connectivity index (χ4n) is 2.05. The third-order valence-electron chi connectivity index (χ3n) is 2.94. The Labute approximate surface area is 116 Å². The van der Waals surface area contributed by atoms with Crippen LogP contribution >= 0.6 is 15.9 Å². The third kappa shape index (κ3) is 2.49. The average molecular weight is 308 g/mol. The highest BCUT2D eigenvalue weighted by Gasteiger charge is 2.10. The number of fused-ring (bicyclic) bond motifs is 1. The molecule has 0 fully saturated rings. The van der Waals surface area contributed by atoms with E-state index in [0.717, 1.165) is 33.2 Å². The number of rotatable bonds is 3. The van der Waals surface area contributed by atoms with Crippen LogP contribution in [0.25, 0.3) is 10.9 Å². The van der Waals surface area contributed by atoms with Gasteiger partial charge in [-0.3, -0.25) is 10.8 Å². The summed E-state index contributed by atoms with van der Waals surface area (Å²) in [5.74, 6) is 6.18. The zero-order chi connectivity index (χ0) is 13.3. The molecule has 0 saturated carbocycles. The summed E-state index contributed by atoms with van der Waals surface area (Å²) in [7, 11) is 0. The summed E-state index contributed by atoms with van der Waals surface area (Å²) in [5, 5.41) is 1.04. The van der Waals surface area contributed by atoms with Crippen LogP contribution in [0.2, 0.25) is 0 Å². The lowest BCUT2D eigenvalue weighted by Crippen LogP contribution is -2.09. The van der Waals surface area contributed by atoms with E-state index in [1.165, 1.54) is 5.56 Å². The normalized spacial score (nSPS) is 11.2. The van der Waals surface area contributed by atoms with E-state index in [2.05, 4.69) is 54.3 Å². The molecule has 3 N–H and O–H groups in total. The number of hydrazine groups is 1. The Morgan fingerprint density at radius 3 is 2.72 bits per heavy atom. The van der Waals surface area contributed by atoms with Crippen LogP contribution in [-0.2, 0) is 6.42 Å². The van der Waals surface area contributed by atoms with Gasteiger partial charge in [0.25, 0.3) is 0 Å². The van der Waals surface area contributed by atoms with Crippen LogP contribution in [0.4, 0.5) is 5.69 Å². The van der Waals surface area contributed by atoms with Crippen LogP contribution in [0.15, 0.2) is 22.7 Å². The topological polar surface area (TPSA) is 50.9 Å². The molecule has 18 heavy (non-hydrogen) atoms. The molecule has 4 heteroatoms. The highest BCUT2D eigenvalue weighted by Crippen LogP contribution is 2.31. The van der Waals surface area contributed by atoms with Crippen molar-refractivity contribution >= 4 is 32.5 Å². The first-order valence-electron chi connectivity index (χ1n) is 6.08. The average Bonchev–Trinajstić information content (AvgIpc) is 2.32. The molecule has 1 heterocycles. The van der Waals surface area contributed by atoms with E-state index in [1.807, 2.05) is 6.07 Å². The van der Waals surface area contributed by atoms with Gasteiger partial charge in [0.05, 0.1) is 11.2 Å². The number of pyridine rings is 1. The first kappa shape index (κ1) is 13.3. The highest BCUT2D eigenvalue weighted by atomic mass is 79.9. The van der Waals surface area contributed by atoms with Gasteiger partial charge < -0.3 is 5.43 Å². The monoisotopic (exact) mass is 307 g/mol. The van der Waals surface area contributed by atoms with Crippen LogP contribution in [-0.4, -0.2) is 4.98 Å². The number of anilines is 1. The van der Waals surface area contributed by atoms with Gasteiger partial charge in [-0.1, -0.05) is 26.0 Å². The van der Waals surface area contributed by atoms with Gasteiger partial charge in [0, 0.05) is 15.6 Å². The second-order valence-corrected chi connectivity index (χ2v) is 5.79. The van der Waals surface area contributed by atoms with Gasteiger partial charge in [0.1, 0.15) is 0 Å². The molecule has 1 aromatic carbocycles. The van der Waals surface area contributed by atoms with Gasteiger partial charge in [0.15, 0.2) is 0 Å². The molecule has 2 rings (SSSR count). The van der Waals surface area contributed by atoms with E-state index >= 15 is 0 Å². The minimum atomic E-state index is 0.573. The Bertz CT molecular complexity index is 579. The Morgan fingerprint density at radius 2 is 2.11 bits per heavy atom. The van der Waals surface area contributed by atoms with Crippen molar-refractivity contribution in [1.29, 1.82) is 0 Å². The minimum absolute atomic E-state index is 0.573. The van der Waals surface area contributed by atoms with Gasteiger partial charge in [-0.25, -0.2) is 0 Å². The molecule has 0 unspecified atom stereocenters. The number of nitrogens with one attached hydrogen (secondary N) is 1. The standard InChI is InChI=1S/C14H18BrN3/c1-8(2)6-10-7-12(18-16)11-5-4-9(3)13(15)14(11)17-10/h4-5,7-8H,6,16H2,1-3H3,(H,17,18). The van der Waals surface area contributed by atoms with E-state index < -0.39 is 0 Å². The maximum absolute atomic E-state index is 5.61. The summed E-state index contributed by atoms with van der Waals surface area (Å²) in [6.07, 6.45) is 0.949. The lowest BCUT2D eigenvalue weighted by atomic mass is 10.0. The first-order chi connectivity index (χ1) is 8.52. The SMILES string of the molecule is Cc1ccc2c(NN)cc(CC(C)C)nc2c1Br. The van der Waals surface area contributed by atoms with E-state index in [1.54, 1.807) is 0 Å². The van der Waals surface area contributed by atoms with Crippen molar-refractivity contribution < 1.29 is 0 Å². The first-order valence-corrected chi connectivity index (χ1v) is 6.87. The third-order valence-corrected chi connectivity index (χ3v) is 3.94. The summed E-state index contributed by atoms with van der Waals surface area (Å²) < 4.78 is 1.04. The Hall–Kier alpha value is -1.13. The molecule has 0 bridgehead atoms. The minimum Gasteiger partial charge on any atom is -0.323 e. The molecule has 0 atom stereocenters. The quantitative estimate of drug-likeness (QED) is 0.670. The molecule has 0 radical (unpaired) electrons. The molecular formula is C14H18BrN3. The predicted octanol–water partition coefficient (Wildman–Crippen LogP) is 3.79. The molecule has 2 aromatic rings.